The fourth-order valence-corrected chi connectivity index (χ4v) is 5.78. The number of Topliss-reactive ketones (excluding diaryl/α,β-unsaturated/α-hetero) is 2. The molecule has 0 atom stereocenters. The summed E-state index contributed by atoms with van der Waals surface area (Å²) in [6, 6.07) is 17.0. The highest BCUT2D eigenvalue weighted by Crippen LogP contribution is 2.43. The normalized spacial score (nSPS) is 22.9. The Balaban J connectivity index is 1.42. The highest BCUT2D eigenvalue weighted by molar-refractivity contribution is 6.32. The molecule has 2 fully saturated rings. The standard InChI is InChI=1S/C26H30N2O2/c29-24-22-13-7-8-14-23(22)25(30)26(24,21-11-5-2-6-12-21)28-17-15-27(16-18-28)19-20-9-3-1-4-10-20/h2,5-8,11-14,20H,1,3-4,9-10,15-19H2. The molecule has 0 aromatic heterocycles. The van der Waals surface area contributed by atoms with Crippen LogP contribution >= 0.6 is 0 Å². The van der Waals surface area contributed by atoms with Crippen LogP contribution in [0.4, 0.5) is 0 Å². The van der Waals surface area contributed by atoms with Gasteiger partial charge in [0.1, 0.15) is 0 Å². The zero-order valence-electron chi connectivity index (χ0n) is 17.6. The summed E-state index contributed by atoms with van der Waals surface area (Å²) in [6.45, 7) is 4.48. The number of carbonyl (C=O) groups excluding carboxylic acids is 2. The van der Waals surface area contributed by atoms with E-state index in [2.05, 4.69) is 9.80 Å². The van der Waals surface area contributed by atoms with Crippen LogP contribution in [0.15, 0.2) is 54.6 Å². The first kappa shape index (κ1) is 19.7. The minimum Gasteiger partial charge on any atom is -0.301 e. The first-order valence-corrected chi connectivity index (χ1v) is 11.4. The second kappa shape index (κ2) is 8.09. The second-order valence-electron chi connectivity index (χ2n) is 9.07. The summed E-state index contributed by atoms with van der Waals surface area (Å²) in [5.74, 6) is 0.692. The third kappa shape index (κ3) is 3.14. The lowest BCUT2D eigenvalue weighted by Crippen LogP contribution is -2.60. The van der Waals surface area contributed by atoms with E-state index >= 15 is 0 Å². The van der Waals surface area contributed by atoms with Gasteiger partial charge in [-0.15, -0.1) is 0 Å². The second-order valence-corrected chi connectivity index (χ2v) is 9.07. The van der Waals surface area contributed by atoms with E-state index in [4.69, 9.17) is 0 Å². The van der Waals surface area contributed by atoms with Crippen LogP contribution in [0, 0.1) is 5.92 Å². The van der Waals surface area contributed by atoms with Crippen LogP contribution in [0.3, 0.4) is 0 Å². The van der Waals surface area contributed by atoms with Gasteiger partial charge in [0.15, 0.2) is 17.1 Å². The van der Waals surface area contributed by atoms with Crippen LogP contribution in [0.5, 0.6) is 0 Å². The van der Waals surface area contributed by atoms with Crippen molar-refractivity contribution in [3.05, 3.63) is 71.3 Å². The summed E-state index contributed by atoms with van der Waals surface area (Å²) < 4.78 is 0. The number of rotatable bonds is 4. The van der Waals surface area contributed by atoms with Gasteiger partial charge in [-0.05, 0) is 24.3 Å². The molecule has 0 N–H and O–H groups in total. The lowest BCUT2D eigenvalue weighted by Gasteiger charge is -2.44. The number of piperazine rings is 1. The van der Waals surface area contributed by atoms with Gasteiger partial charge in [0.2, 0.25) is 0 Å². The van der Waals surface area contributed by atoms with Gasteiger partial charge in [-0.1, -0.05) is 73.9 Å². The zero-order chi connectivity index (χ0) is 20.6. The van der Waals surface area contributed by atoms with E-state index in [1.807, 2.05) is 42.5 Å². The van der Waals surface area contributed by atoms with Crippen molar-refractivity contribution in [2.75, 3.05) is 32.7 Å². The van der Waals surface area contributed by atoms with Crippen molar-refractivity contribution < 1.29 is 9.59 Å². The molecule has 2 aromatic rings. The van der Waals surface area contributed by atoms with Gasteiger partial charge in [0.05, 0.1) is 0 Å². The van der Waals surface area contributed by atoms with Crippen molar-refractivity contribution in [2.45, 2.75) is 37.6 Å². The third-order valence-corrected chi connectivity index (χ3v) is 7.35. The molecule has 2 aromatic carbocycles. The number of hydrogen-bond acceptors (Lipinski definition) is 4. The van der Waals surface area contributed by atoms with Crippen LogP contribution in [0.2, 0.25) is 0 Å². The van der Waals surface area contributed by atoms with E-state index in [1.54, 1.807) is 12.1 Å². The molecule has 156 valence electrons. The maximum Gasteiger partial charge on any atom is 0.196 e. The van der Waals surface area contributed by atoms with E-state index in [-0.39, 0.29) is 11.6 Å². The first-order valence-electron chi connectivity index (χ1n) is 11.4. The molecular weight excluding hydrogens is 372 g/mol. The summed E-state index contributed by atoms with van der Waals surface area (Å²) in [4.78, 5) is 32.2. The van der Waals surface area contributed by atoms with Gasteiger partial charge in [0.25, 0.3) is 0 Å². The van der Waals surface area contributed by atoms with E-state index in [9.17, 15) is 9.59 Å². The lowest BCUT2D eigenvalue weighted by molar-refractivity contribution is 0.0256. The van der Waals surface area contributed by atoms with E-state index in [1.165, 1.54) is 32.1 Å². The van der Waals surface area contributed by atoms with Gasteiger partial charge in [-0.2, -0.15) is 0 Å². The highest BCUT2D eigenvalue weighted by atomic mass is 16.2. The Labute approximate surface area is 178 Å². The van der Waals surface area contributed by atoms with E-state index in [0.717, 1.165) is 44.2 Å². The highest BCUT2D eigenvalue weighted by Gasteiger charge is 2.58. The average Bonchev–Trinajstić information content (AvgIpc) is 3.04. The number of benzene rings is 2. The zero-order valence-corrected chi connectivity index (χ0v) is 17.6. The SMILES string of the molecule is O=C1c2ccccc2C(=O)C1(c1ccccc1)N1CCN(CC2CCCCC2)CC1. The van der Waals surface area contributed by atoms with Crippen LogP contribution in [-0.4, -0.2) is 54.1 Å². The molecule has 0 radical (unpaired) electrons. The molecule has 2 aliphatic carbocycles. The summed E-state index contributed by atoms with van der Waals surface area (Å²) in [6.07, 6.45) is 6.81. The number of carbonyl (C=O) groups is 2. The summed E-state index contributed by atoms with van der Waals surface area (Å²) in [5, 5.41) is 0. The Bertz CT molecular complexity index is 890. The van der Waals surface area contributed by atoms with Gasteiger partial charge < -0.3 is 4.90 Å². The Morgan fingerprint density at radius 2 is 1.30 bits per heavy atom. The van der Waals surface area contributed by atoms with Gasteiger partial charge in [0, 0.05) is 43.9 Å². The lowest BCUT2D eigenvalue weighted by atomic mass is 9.82. The molecule has 1 heterocycles. The van der Waals surface area contributed by atoms with E-state index < -0.39 is 5.54 Å². The Kier molecular flexibility index (Phi) is 5.30. The summed E-state index contributed by atoms with van der Waals surface area (Å²) in [7, 11) is 0. The molecule has 1 saturated carbocycles. The molecule has 0 spiro atoms. The van der Waals surface area contributed by atoms with Crippen molar-refractivity contribution >= 4 is 11.6 Å². The molecule has 1 aliphatic heterocycles. The van der Waals surface area contributed by atoms with Crippen molar-refractivity contribution in [3.8, 4) is 0 Å². The molecule has 5 rings (SSSR count). The van der Waals surface area contributed by atoms with Crippen LogP contribution in [0.25, 0.3) is 0 Å². The monoisotopic (exact) mass is 402 g/mol. The van der Waals surface area contributed by atoms with Gasteiger partial charge in [-0.3, -0.25) is 14.5 Å². The molecule has 1 saturated heterocycles. The fourth-order valence-electron chi connectivity index (χ4n) is 5.78. The van der Waals surface area contributed by atoms with Crippen molar-refractivity contribution in [2.24, 2.45) is 5.92 Å². The quantitative estimate of drug-likeness (QED) is 0.720. The van der Waals surface area contributed by atoms with Gasteiger partial charge in [-0.25, -0.2) is 0 Å². The van der Waals surface area contributed by atoms with E-state index in [0.29, 0.717) is 11.1 Å². The Morgan fingerprint density at radius 3 is 1.90 bits per heavy atom. The Morgan fingerprint density at radius 1 is 0.733 bits per heavy atom. The van der Waals surface area contributed by atoms with Crippen LogP contribution in [0.1, 0.15) is 58.4 Å². The smallest absolute Gasteiger partial charge is 0.196 e. The number of hydrogen-bond donors (Lipinski definition) is 0. The average molecular weight is 403 g/mol. The summed E-state index contributed by atoms with van der Waals surface area (Å²) in [5.41, 5.74) is 0.728. The fraction of sp³-hybridized carbons (Fsp3) is 0.462. The molecular formula is C26H30N2O2. The maximum absolute atomic E-state index is 13.8. The first-order chi connectivity index (χ1) is 14.7. The number of fused-ring (bicyclic) bond motifs is 1. The largest absolute Gasteiger partial charge is 0.301 e. The van der Waals surface area contributed by atoms with Crippen LogP contribution in [-0.2, 0) is 5.54 Å². The molecule has 3 aliphatic rings. The molecule has 4 heteroatoms. The molecule has 0 bridgehead atoms. The van der Waals surface area contributed by atoms with Crippen molar-refractivity contribution in [1.82, 2.24) is 9.80 Å². The third-order valence-electron chi connectivity index (χ3n) is 7.35. The number of ketones is 2. The molecule has 30 heavy (non-hydrogen) atoms. The predicted octanol–water partition coefficient (Wildman–Crippen LogP) is 4.16. The number of nitrogens with zero attached hydrogens (tertiary/aromatic N) is 2. The summed E-state index contributed by atoms with van der Waals surface area (Å²) >= 11 is 0. The topological polar surface area (TPSA) is 40.6 Å². The van der Waals surface area contributed by atoms with Crippen molar-refractivity contribution in [3.63, 3.8) is 0 Å². The molecule has 0 unspecified atom stereocenters. The minimum absolute atomic E-state index is 0.0602. The predicted molar refractivity (Wildman–Crippen MR) is 118 cm³/mol. The molecule has 4 nitrogen and oxygen atoms in total. The molecule has 0 amide bonds. The minimum atomic E-state index is -1.21. The maximum atomic E-state index is 13.8. The Hall–Kier alpha value is -2.30. The van der Waals surface area contributed by atoms with Crippen molar-refractivity contribution in [1.29, 1.82) is 0 Å². The van der Waals surface area contributed by atoms with Gasteiger partial charge >= 0.3 is 0 Å². The van der Waals surface area contributed by atoms with Crippen LogP contribution < -0.4 is 0 Å².